The number of furan rings is 1. The van der Waals surface area contributed by atoms with Gasteiger partial charge < -0.3 is 14.3 Å². The van der Waals surface area contributed by atoms with Crippen molar-refractivity contribution in [3.05, 3.63) is 50.9 Å². The first kappa shape index (κ1) is 14.1. The minimum atomic E-state index is -1.17. The van der Waals surface area contributed by atoms with E-state index in [1.54, 1.807) is 0 Å². The average molecular weight is 322 g/mol. The van der Waals surface area contributed by atoms with Crippen molar-refractivity contribution in [2.24, 2.45) is 0 Å². The number of halogens is 3. The molecule has 0 aliphatic carbocycles. The summed E-state index contributed by atoms with van der Waals surface area (Å²) in [4.78, 5) is 10.9. The van der Waals surface area contributed by atoms with E-state index in [1.807, 2.05) is 0 Å². The van der Waals surface area contributed by atoms with E-state index in [9.17, 15) is 4.79 Å². The predicted octanol–water partition coefficient (Wildman–Crippen LogP) is 4.52. The molecule has 4 nitrogen and oxygen atoms in total. The molecule has 0 atom stereocenters. The summed E-state index contributed by atoms with van der Waals surface area (Å²) in [5.41, 5.74) is 0.384. The van der Waals surface area contributed by atoms with Gasteiger partial charge in [0.2, 0.25) is 5.76 Å². The van der Waals surface area contributed by atoms with Gasteiger partial charge in [-0.25, -0.2) is 4.79 Å². The Labute approximate surface area is 123 Å². The number of aromatic carboxylic acids is 1. The quantitative estimate of drug-likeness (QED) is 0.899. The molecule has 100 valence electrons. The van der Waals surface area contributed by atoms with Crippen LogP contribution in [0.1, 0.15) is 16.1 Å². The van der Waals surface area contributed by atoms with Gasteiger partial charge in [-0.05, 0) is 18.2 Å². The second-order valence-electron chi connectivity index (χ2n) is 3.57. The van der Waals surface area contributed by atoms with E-state index in [4.69, 9.17) is 49.1 Å². The summed E-state index contributed by atoms with van der Waals surface area (Å²) in [6.45, 7) is -0.0286. The van der Waals surface area contributed by atoms with Crippen molar-refractivity contribution in [1.29, 1.82) is 0 Å². The first-order chi connectivity index (χ1) is 8.99. The van der Waals surface area contributed by atoms with Gasteiger partial charge in [0.1, 0.15) is 6.61 Å². The van der Waals surface area contributed by atoms with Crippen molar-refractivity contribution in [1.82, 2.24) is 0 Å². The molecule has 0 bridgehead atoms. The van der Waals surface area contributed by atoms with Gasteiger partial charge in [0.25, 0.3) is 0 Å². The van der Waals surface area contributed by atoms with Crippen LogP contribution in [-0.2, 0) is 6.61 Å². The zero-order chi connectivity index (χ0) is 14.0. The van der Waals surface area contributed by atoms with Crippen LogP contribution in [0, 0.1) is 0 Å². The molecule has 0 saturated heterocycles. The lowest BCUT2D eigenvalue weighted by Gasteiger charge is -2.09. The van der Waals surface area contributed by atoms with Crippen LogP contribution in [0.4, 0.5) is 0 Å². The second kappa shape index (κ2) is 5.74. The van der Waals surface area contributed by atoms with E-state index < -0.39 is 5.97 Å². The zero-order valence-electron chi connectivity index (χ0n) is 9.32. The van der Waals surface area contributed by atoms with E-state index in [-0.39, 0.29) is 28.2 Å². The van der Waals surface area contributed by atoms with Crippen molar-refractivity contribution >= 4 is 40.8 Å². The van der Waals surface area contributed by atoms with Crippen molar-refractivity contribution in [2.45, 2.75) is 6.61 Å². The number of carbonyl (C=O) groups is 1. The molecule has 0 saturated carbocycles. The van der Waals surface area contributed by atoms with Crippen LogP contribution in [0.2, 0.25) is 15.1 Å². The molecule has 1 aromatic heterocycles. The minimum absolute atomic E-state index is 0.0286. The molecule has 0 fully saturated rings. The lowest BCUT2D eigenvalue weighted by atomic mass is 10.2. The number of ether oxygens (including phenoxy) is 1. The van der Waals surface area contributed by atoms with Crippen LogP contribution >= 0.6 is 34.8 Å². The number of rotatable bonds is 4. The predicted molar refractivity (Wildman–Crippen MR) is 71.5 cm³/mol. The highest BCUT2D eigenvalue weighted by Crippen LogP contribution is 2.36. The Morgan fingerprint density at radius 3 is 2.47 bits per heavy atom. The maximum atomic E-state index is 10.9. The van der Waals surface area contributed by atoms with Crippen molar-refractivity contribution in [3.8, 4) is 5.75 Å². The van der Waals surface area contributed by atoms with E-state index in [2.05, 4.69) is 0 Å². The summed E-state index contributed by atoms with van der Waals surface area (Å²) in [7, 11) is 0. The Bertz CT molecular complexity index is 598. The highest BCUT2D eigenvalue weighted by Gasteiger charge is 2.16. The van der Waals surface area contributed by atoms with Gasteiger partial charge in [0.05, 0.1) is 16.3 Å². The van der Waals surface area contributed by atoms with E-state index >= 15 is 0 Å². The number of carboxylic acid groups (broad SMARTS) is 1. The highest BCUT2D eigenvalue weighted by atomic mass is 35.5. The molecule has 0 spiro atoms. The van der Waals surface area contributed by atoms with Crippen LogP contribution in [0.15, 0.2) is 28.9 Å². The fourth-order valence-corrected chi connectivity index (χ4v) is 2.38. The SMILES string of the molecule is O=C(O)c1occc1COc1c(Cl)cc(Cl)cc1Cl. The van der Waals surface area contributed by atoms with Crippen molar-refractivity contribution < 1.29 is 19.1 Å². The fourth-order valence-electron chi connectivity index (χ4n) is 1.45. The summed E-state index contributed by atoms with van der Waals surface area (Å²) in [5, 5.41) is 9.76. The molecule has 0 aliphatic heterocycles. The largest absolute Gasteiger partial charge is 0.486 e. The van der Waals surface area contributed by atoms with E-state index in [0.29, 0.717) is 10.6 Å². The van der Waals surface area contributed by atoms with Crippen molar-refractivity contribution in [2.75, 3.05) is 0 Å². The summed E-state index contributed by atoms with van der Waals surface area (Å²) in [5.74, 6) is -1.11. The molecule has 2 aromatic rings. The Hall–Kier alpha value is -1.36. The molecular formula is C12H7Cl3O4. The normalized spacial score (nSPS) is 10.5. The summed E-state index contributed by atoms with van der Waals surface area (Å²) < 4.78 is 10.2. The number of benzene rings is 1. The third-order valence-electron chi connectivity index (χ3n) is 2.28. The molecule has 1 aromatic carbocycles. The summed E-state index contributed by atoms with van der Waals surface area (Å²) >= 11 is 17.7. The summed E-state index contributed by atoms with van der Waals surface area (Å²) in [6, 6.07) is 4.47. The molecule has 2 rings (SSSR count). The smallest absolute Gasteiger partial charge is 0.372 e. The first-order valence-electron chi connectivity index (χ1n) is 5.06. The van der Waals surface area contributed by atoms with Crippen LogP contribution in [0.5, 0.6) is 5.75 Å². The maximum Gasteiger partial charge on any atom is 0.372 e. The van der Waals surface area contributed by atoms with Gasteiger partial charge in [-0.2, -0.15) is 0 Å². The molecular weight excluding hydrogens is 314 g/mol. The molecule has 0 amide bonds. The van der Waals surface area contributed by atoms with Crippen LogP contribution in [-0.4, -0.2) is 11.1 Å². The molecule has 19 heavy (non-hydrogen) atoms. The number of carboxylic acids is 1. The number of hydrogen-bond donors (Lipinski definition) is 1. The van der Waals surface area contributed by atoms with Crippen molar-refractivity contribution in [3.63, 3.8) is 0 Å². The molecule has 0 aliphatic rings. The zero-order valence-corrected chi connectivity index (χ0v) is 11.6. The standard InChI is InChI=1S/C12H7Cl3O4/c13-7-3-8(14)11(9(15)4-7)19-5-6-1-2-18-10(6)12(16)17/h1-4H,5H2,(H,16,17). The van der Waals surface area contributed by atoms with E-state index in [0.717, 1.165) is 0 Å². The maximum absolute atomic E-state index is 10.9. The van der Waals surface area contributed by atoms with Gasteiger partial charge in [-0.1, -0.05) is 34.8 Å². The van der Waals surface area contributed by atoms with Gasteiger partial charge >= 0.3 is 5.97 Å². The van der Waals surface area contributed by atoms with E-state index in [1.165, 1.54) is 24.5 Å². The van der Waals surface area contributed by atoms with Gasteiger partial charge in [0.15, 0.2) is 5.75 Å². The lowest BCUT2D eigenvalue weighted by Crippen LogP contribution is -2.03. The molecule has 7 heteroatoms. The van der Waals surface area contributed by atoms with Crippen LogP contribution in [0.3, 0.4) is 0 Å². The topological polar surface area (TPSA) is 59.7 Å². The van der Waals surface area contributed by atoms with Crippen LogP contribution in [0.25, 0.3) is 0 Å². The second-order valence-corrected chi connectivity index (χ2v) is 4.82. The lowest BCUT2D eigenvalue weighted by molar-refractivity contribution is 0.0658. The van der Waals surface area contributed by atoms with Gasteiger partial charge in [-0.3, -0.25) is 0 Å². The third kappa shape index (κ3) is 3.15. The average Bonchev–Trinajstić information content (AvgIpc) is 2.75. The monoisotopic (exact) mass is 320 g/mol. The Balaban J connectivity index is 2.19. The number of hydrogen-bond acceptors (Lipinski definition) is 3. The minimum Gasteiger partial charge on any atom is -0.486 e. The van der Waals surface area contributed by atoms with Gasteiger partial charge in [-0.15, -0.1) is 0 Å². The Morgan fingerprint density at radius 2 is 1.89 bits per heavy atom. The molecule has 1 heterocycles. The Morgan fingerprint density at radius 1 is 1.26 bits per heavy atom. The van der Waals surface area contributed by atoms with Gasteiger partial charge in [0, 0.05) is 10.6 Å². The molecule has 0 unspecified atom stereocenters. The first-order valence-corrected chi connectivity index (χ1v) is 6.19. The highest BCUT2D eigenvalue weighted by molar-refractivity contribution is 6.40. The fraction of sp³-hybridized carbons (Fsp3) is 0.0833. The Kier molecular flexibility index (Phi) is 4.24. The third-order valence-corrected chi connectivity index (χ3v) is 3.06. The van der Waals surface area contributed by atoms with Crippen LogP contribution < -0.4 is 4.74 Å². The summed E-state index contributed by atoms with van der Waals surface area (Å²) in [6.07, 6.45) is 1.27. The molecule has 1 N–H and O–H groups in total. The molecule has 0 radical (unpaired) electrons.